The minimum Gasteiger partial charge on any atom is -0.352 e. The van der Waals surface area contributed by atoms with Crippen molar-refractivity contribution in [3.8, 4) is 0 Å². The van der Waals surface area contributed by atoms with Gasteiger partial charge in [-0.05, 0) is 23.3 Å². The van der Waals surface area contributed by atoms with E-state index < -0.39 is 0 Å². The van der Waals surface area contributed by atoms with Gasteiger partial charge in [0.15, 0.2) is 0 Å². The number of benzene rings is 2. The van der Waals surface area contributed by atoms with Crippen LogP contribution in [-0.4, -0.2) is 22.0 Å². The maximum atomic E-state index is 12.3. The highest BCUT2D eigenvalue weighted by Crippen LogP contribution is 2.19. The Balaban J connectivity index is 1.58. The van der Waals surface area contributed by atoms with Crippen molar-refractivity contribution < 1.29 is 9.59 Å². The molecule has 0 atom stereocenters. The zero-order valence-electron chi connectivity index (χ0n) is 14.2. The van der Waals surface area contributed by atoms with Crippen LogP contribution in [-0.2, 0) is 17.8 Å². The molecule has 3 aromatic rings. The summed E-state index contributed by atoms with van der Waals surface area (Å²) < 4.78 is 0. The summed E-state index contributed by atoms with van der Waals surface area (Å²) in [6.07, 6.45) is 0.687. The van der Waals surface area contributed by atoms with Gasteiger partial charge >= 0.3 is 0 Å². The monoisotopic (exact) mass is 366 g/mol. The lowest BCUT2D eigenvalue weighted by Gasteiger charge is -2.04. The summed E-state index contributed by atoms with van der Waals surface area (Å²) in [5, 5.41) is 15.0. The molecule has 26 heavy (non-hydrogen) atoms. The quantitative estimate of drug-likeness (QED) is 0.702. The first kappa shape index (κ1) is 17.8. The molecule has 0 radical (unpaired) electrons. The normalized spacial score (nSPS) is 10.3. The summed E-state index contributed by atoms with van der Waals surface area (Å²) in [6.45, 7) is 1.91. The molecule has 2 N–H and O–H groups in total. The second kappa shape index (κ2) is 8.35. The van der Waals surface area contributed by atoms with E-state index in [4.69, 9.17) is 0 Å². The lowest BCUT2D eigenvalue weighted by Crippen LogP contribution is -2.19. The van der Waals surface area contributed by atoms with Crippen LogP contribution < -0.4 is 10.6 Å². The van der Waals surface area contributed by atoms with Crippen molar-refractivity contribution in [3.63, 3.8) is 0 Å². The molecule has 0 saturated carbocycles. The number of hydrogen-bond donors (Lipinski definition) is 2. The molecule has 2 amide bonds. The molecule has 0 bridgehead atoms. The van der Waals surface area contributed by atoms with E-state index in [2.05, 4.69) is 20.8 Å². The Morgan fingerprint density at radius 2 is 1.69 bits per heavy atom. The van der Waals surface area contributed by atoms with Crippen LogP contribution in [0.15, 0.2) is 54.6 Å². The van der Waals surface area contributed by atoms with Gasteiger partial charge in [0.25, 0.3) is 5.91 Å². The van der Waals surface area contributed by atoms with Crippen LogP contribution in [0.4, 0.5) is 5.13 Å². The Morgan fingerprint density at radius 1 is 0.962 bits per heavy atom. The van der Waals surface area contributed by atoms with Gasteiger partial charge in [-0.1, -0.05) is 53.8 Å². The fourth-order valence-electron chi connectivity index (χ4n) is 2.32. The molecule has 1 heterocycles. The van der Waals surface area contributed by atoms with E-state index in [1.807, 2.05) is 42.5 Å². The van der Waals surface area contributed by atoms with Gasteiger partial charge in [-0.2, -0.15) is 0 Å². The minimum absolute atomic E-state index is 0.0885. The molecular weight excluding hydrogens is 348 g/mol. The molecule has 7 heteroatoms. The lowest BCUT2D eigenvalue weighted by molar-refractivity contribution is -0.119. The zero-order valence-corrected chi connectivity index (χ0v) is 15.0. The van der Waals surface area contributed by atoms with E-state index in [-0.39, 0.29) is 11.8 Å². The molecule has 6 nitrogen and oxygen atoms in total. The van der Waals surface area contributed by atoms with Gasteiger partial charge in [-0.25, -0.2) is 0 Å². The van der Waals surface area contributed by atoms with E-state index in [0.717, 1.165) is 16.1 Å². The van der Waals surface area contributed by atoms with Crippen LogP contribution in [0.3, 0.4) is 0 Å². The summed E-state index contributed by atoms with van der Waals surface area (Å²) in [5.74, 6) is -0.326. The lowest BCUT2D eigenvalue weighted by atomic mass is 10.1. The highest BCUT2D eigenvalue weighted by Gasteiger charge is 2.10. The van der Waals surface area contributed by atoms with Crippen LogP contribution >= 0.6 is 11.3 Å². The number of amides is 2. The first-order chi connectivity index (χ1) is 12.6. The third kappa shape index (κ3) is 4.97. The summed E-state index contributed by atoms with van der Waals surface area (Å²) in [5.41, 5.74) is 2.60. The standard InChI is InChI=1S/C19H18N4O2S/c1-13(24)20-12-15-7-9-16(10-8-15)18(25)21-19-23-22-17(26-19)11-14-5-3-2-4-6-14/h2-10H,11-12H2,1H3,(H,20,24)(H,21,23,25). The van der Waals surface area contributed by atoms with Crippen LogP contribution in [0.1, 0.15) is 33.4 Å². The minimum atomic E-state index is -0.238. The fourth-order valence-corrected chi connectivity index (χ4v) is 3.08. The molecule has 0 aliphatic heterocycles. The number of hydrogen-bond acceptors (Lipinski definition) is 5. The Bertz CT molecular complexity index is 891. The predicted molar refractivity (Wildman–Crippen MR) is 101 cm³/mol. The molecular formula is C19H18N4O2S. The number of carbonyl (C=O) groups is 2. The number of anilines is 1. The van der Waals surface area contributed by atoms with Gasteiger partial charge < -0.3 is 5.32 Å². The second-order valence-electron chi connectivity index (χ2n) is 5.72. The molecule has 0 unspecified atom stereocenters. The molecule has 0 saturated heterocycles. The van der Waals surface area contributed by atoms with Gasteiger partial charge in [-0.15, -0.1) is 10.2 Å². The Morgan fingerprint density at radius 3 is 2.38 bits per heavy atom. The maximum Gasteiger partial charge on any atom is 0.257 e. The summed E-state index contributed by atoms with van der Waals surface area (Å²) in [6, 6.07) is 17.1. The zero-order chi connectivity index (χ0) is 18.4. The Hall–Kier alpha value is -3.06. The van der Waals surface area contributed by atoms with E-state index in [1.54, 1.807) is 12.1 Å². The fraction of sp³-hybridized carbons (Fsp3) is 0.158. The van der Waals surface area contributed by atoms with E-state index in [1.165, 1.54) is 18.3 Å². The highest BCUT2D eigenvalue weighted by molar-refractivity contribution is 7.15. The smallest absolute Gasteiger partial charge is 0.257 e. The van der Waals surface area contributed by atoms with E-state index >= 15 is 0 Å². The average molecular weight is 366 g/mol. The van der Waals surface area contributed by atoms with Gasteiger partial charge in [0.2, 0.25) is 11.0 Å². The second-order valence-corrected chi connectivity index (χ2v) is 6.79. The van der Waals surface area contributed by atoms with Crippen molar-refractivity contribution in [2.75, 3.05) is 5.32 Å². The van der Waals surface area contributed by atoms with Crippen LogP contribution in [0, 0.1) is 0 Å². The van der Waals surface area contributed by atoms with Crippen molar-refractivity contribution in [2.24, 2.45) is 0 Å². The number of nitrogens with zero attached hydrogens (tertiary/aromatic N) is 2. The Labute approximate surface area is 155 Å². The number of aromatic nitrogens is 2. The van der Waals surface area contributed by atoms with Crippen molar-refractivity contribution in [2.45, 2.75) is 19.9 Å². The largest absolute Gasteiger partial charge is 0.352 e. The third-order valence-electron chi connectivity index (χ3n) is 3.64. The first-order valence-electron chi connectivity index (χ1n) is 8.11. The van der Waals surface area contributed by atoms with Crippen molar-refractivity contribution >= 4 is 28.3 Å². The molecule has 1 aromatic heterocycles. The third-order valence-corrected chi connectivity index (χ3v) is 4.48. The number of rotatable bonds is 6. The van der Waals surface area contributed by atoms with Crippen LogP contribution in [0.2, 0.25) is 0 Å². The molecule has 0 aliphatic rings. The van der Waals surface area contributed by atoms with E-state index in [9.17, 15) is 9.59 Å². The Kier molecular flexibility index (Phi) is 5.70. The summed E-state index contributed by atoms with van der Waals surface area (Å²) in [4.78, 5) is 23.2. The highest BCUT2D eigenvalue weighted by atomic mass is 32.1. The molecule has 3 rings (SSSR count). The van der Waals surface area contributed by atoms with Crippen molar-refractivity contribution in [3.05, 3.63) is 76.3 Å². The summed E-state index contributed by atoms with van der Waals surface area (Å²) >= 11 is 1.36. The topological polar surface area (TPSA) is 84.0 Å². The van der Waals surface area contributed by atoms with Crippen LogP contribution in [0.5, 0.6) is 0 Å². The molecule has 132 valence electrons. The molecule has 0 aliphatic carbocycles. The number of carbonyl (C=O) groups excluding carboxylic acids is 2. The first-order valence-corrected chi connectivity index (χ1v) is 8.93. The van der Waals surface area contributed by atoms with Gasteiger partial charge in [0.1, 0.15) is 5.01 Å². The molecule has 2 aromatic carbocycles. The number of nitrogens with one attached hydrogen (secondary N) is 2. The van der Waals surface area contributed by atoms with Gasteiger partial charge in [0.05, 0.1) is 0 Å². The average Bonchev–Trinajstić information content (AvgIpc) is 3.08. The molecule has 0 spiro atoms. The van der Waals surface area contributed by atoms with Crippen molar-refractivity contribution in [1.82, 2.24) is 15.5 Å². The van der Waals surface area contributed by atoms with Gasteiger partial charge in [0, 0.05) is 25.5 Å². The predicted octanol–water partition coefficient (Wildman–Crippen LogP) is 3.02. The van der Waals surface area contributed by atoms with Crippen molar-refractivity contribution in [1.29, 1.82) is 0 Å². The van der Waals surface area contributed by atoms with Gasteiger partial charge in [-0.3, -0.25) is 14.9 Å². The SMILES string of the molecule is CC(=O)NCc1ccc(C(=O)Nc2nnc(Cc3ccccc3)s2)cc1. The van der Waals surface area contributed by atoms with E-state index in [0.29, 0.717) is 23.7 Å². The molecule has 0 fully saturated rings. The summed E-state index contributed by atoms with van der Waals surface area (Å²) in [7, 11) is 0. The maximum absolute atomic E-state index is 12.3. The van der Waals surface area contributed by atoms with Crippen LogP contribution in [0.25, 0.3) is 0 Å².